The zero-order valence-electron chi connectivity index (χ0n) is 8.49. The van der Waals surface area contributed by atoms with Crippen molar-refractivity contribution >= 4 is 0 Å². The molecule has 0 aliphatic carbocycles. The zero-order valence-corrected chi connectivity index (χ0v) is 8.49. The molecule has 2 nitrogen and oxygen atoms in total. The van der Waals surface area contributed by atoms with E-state index in [1.165, 1.54) is 0 Å². The minimum atomic E-state index is -5.84. The van der Waals surface area contributed by atoms with Crippen LogP contribution in [0, 0.1) is 0 Å². The molecule has 0 radical (unpaired) electrons. The van der Waals surface area contributed by atoms with Crippen LogP contribution in [0.25, 0.3) is 0 Å². The summed E-state index contributed by atoms with van der Waals surface area (Å²) in [7, 11) is 0. The van der Waals surface area contributed by atoms with E-state index in [9.17, 15) is 26.3 Å². The van der Waals surface area contributed by atoms with Crippen molar-refractivity contribution < 1.29 is 36.1 Å². The topological polar surface area (TPSA) is 18.5 Å². The maximum absolute atomic E-state index is 12.7. The van der Waals surface area contributed by atoms with E-state index in [4.69, 9.17) is 0 Å². The van der Waals surface area contributed by atoms with Gasteiger partial charge in [-0.2, -0.15) is 22.4 Å². The Bertz CT molecular complexity index is 195. The number of hydrogen-bond donors (Lipinski definition) is 0. The monoisotopic (exact) mass is 254 g/mol. The third kappa shape index (κ3) is 4.17. The average molecular weight is 254 g/mol. The smallest absolute Gasteiger partial charge is 0.233 e. The van der Waals surface area contributed by atoms with Gasteiger partial charge in [0, 0.05) is 0 Å². The molecule has 98 valence electrons. The fraction of sp³-hybridized carbons (Fsp3) is 1.00. The molecule has 0 bridgehead atoms. The van der Waals surface area contributed by atoms with E-state index in [0.29, 0.717) is 12.8 Å². The van der Waals surface area contributed by atoms with Crippen LogP contribution in [-0.4, -0.2) is 25.1 Å². The Hall–Kier alpha value is -0.500. The minimum absolute atomic E-state index is 0.299. The summed E-state index contributed by atoms with van der Waals surface area (Å²) >= 11 is 0. The van der Waals surface area contributed by atoms with Crippen molar-refractivity contribution in [3.8, 4) is 0 Å². The fourth-order valence-corrected chi connectivity index (χ4v) is 0.746. The molecule has 0 saturated carbocycles. The van der Waals surface area contributed by atoms with E-state index in [0.717, 1.165) is 6.42 Å². The van der Waals surface area contributed by atoms with Crippen LogP contribution in [-0.2, 0) is 9.78 Å². The van der Waals surface area contributed by atoms with Crippen LogP contribution < -0.4 is 0 Å². The largest absolute Gasteiger partial charge is 0.457 e. The molecule has 0 aliphatic heterocycles. The van der Waals surface area contributed by atoms with Gasteiger partial charge < -0.3 is 0 Å². The van der Waals surface area contributed by atoms with Crippen LogP contribution in [0.1, 0.15) is 26.2 Å². The molecule has 0 N–H and O–H groups in total. The van der Waals surface area contributed by atoms with E-state index < -0.39 is 18.5 Å². The van der Waals surface area contributed by atoms with Gasteiger partial charge in [-0.15, -0.1) is 0 Å². The van der Waals surface area contributed by atoms with Crippen molar-refractivity contribution in [3.63, 3.8) is 0 Å². The normalized spacial score (nSPS) is 16.5. The predicted molar refractivity (Wildman–Crippen MR) is 42.5 cm³/mol. The maximum Gasteiger partial charge on any atom is 0.457 e. The van der Waals surface area contributed by atoms with Gasteiger partial charge in [0.2, 0.25) is 0 Å². The lowest BCUT2D eigenvalue weighted by Gasteiger charge is -2.25. The van der Waals surface area contributed by atoms with Gasteiger partial charge in [0.15, 0.2) is 0 Å². The molecule has 0 aliphatic rings. The lowest BCUT2D eigenvalue weighted by molar-refractivity contribution is -0.485. The number of rotatable bonds is 7. The molecule has 0 amide bonds. The first-order valence-corrected chi connectivity index (χ1v) is 4.60. The van der Waals surface area contributed by atoms with Crippen molar-refractivity contribution in [1.82, 2.24) is 0 Å². The van der Waals surface area contributed by atoms with E-state index in [2.05, 4.69) is 9.78 Å². The first kappa shape index (κ1) is 15.5. The summed E-state index contributed by atoms with van der Waals surface area (Å²) in [5, 5.41) is 0. The van der Waals surface area contributed by atoms with Gasteiger partial charge in [0.1, 0.15) is 0 Å². The lowest BCUT2D eigenvalue weighted by Crippen LogP contribution is -2.49. The second-order valence-corrected chi connectivity index (χ2v) is 3.06. The van der Waals surface area contributed by atoms with E-state index in [1.807, 2.05) is 6.92 Å². The number of hydrogen-bond acceptors (Lipinski definition) is 2. The zero-order chi connectivity index (χ0) is 12.8. The SMILES string of the molecule is CCCCCOOC(F)(C(F)F)C(F)(F)F. The fourth-order valence-electron chi connectivity index (χ4n) is 0.746. The highest BCUT2D eigenvalue weighted by atomic mass is 19.4. The van der Waals surface area contributed by atoms with Gasteiger partial charge in [-0.25, -0.2) is 13.7 Å². The quantitative estimate of drug-likeness (QED) is 0.299. The second-order valence-electron chi connectivity index (χ2n) is 3.06. The molecule has 0 heterocycles. The average Bonchev–Trinajstić information content (AvgIpc) is 2.15. The third-order valence-corrected chi connectivity index (χ3v) is 1.68. The molecule has 8 heteroatoms. The van der Waals surface area contributed by atoms with Crippen molar-refractivity contribution in [2.24, 2.45) is 0 Å². The summed E-state index contributed by atoms with van der Waals surface area (Å²) in [4.78, 5) is 6.97. The predicted octanol–water partition coefficient (Wildman–Crippen LogP) is 3.62. The van der Waals surface area contributed by atoms with Crippen LogP contribution in [0.2, 0.25) is 0 Å². The molecule has 0 rings (SSSR count). The molecule has 0 fully saturated rings. The van der Waals surface area contributed by atoms with Gasteiger partial charge in [-0.3, -0.25) is 0 Å². The summed E-state index contributed by atoms with van der Waals surface area (Å²) in [6.07, 6.45) is -8.54. The van der Waals surface area contributed by atoms with Crippen molar-refractivity contribution in [3.05, 3.63) is 0 Å². The number of unbranched alkanes of at least 4 members (excludes halogenated alkanes) is 2. The molecule has 0 spiro atoms. The van der Waals surface area contributed by atoms with Crippen LogP contribution >= 0.6 is 0 Å². The van der Waals surface area contributed by atoms with Crippen molar-refractivity contribution in [2.45, 2.75) is 44.6 Å². The van der Waals surface area contributed by atoms with Crippen LogP contribution in [0.15, 0.2) is 0 Å². The molecular formula is C8H12F6O2. The van der Waals surface area contributed by atoms with E-state index >= 15 is 0 Å². The summed E-state index contributed by atoms with van der Waals surface area (Å²) < 4.78 is 72.0. The van der Waals surface area contributed by atoms with Crippen LogP contribution in [0.3, 0.4) is 0 Å². The first-order chi connectivity index (χ1) is 7.25. The van der Waals surface area contributed by atoms with Gasteiger partial charge in [0.25, 0.3) is 0 Å². The molecule has 0 aromatic carbocycles. The molecule has 16 heavy (non-hydrogen) atoms. The van der Waals surface area contributed by atoms with Crippen molar-refractivity contribution in [2.75, 3.05) is 6.61 Å². The summed E-state index contributed by atoms with van der Waals surface area (Å²) in [6, 6.07) is 0. The molecule has 1 atom stereocenters. The molecule has 1 unspecified atom stereocenters. The number of halogens is 6. The Balaban J connectivity index is 4.16. The summed E-state index contributed by atoms with van der Waals surface area (Å²) in [5.74, 6) is -5.07. The highest BCUT2D eigenvalue weighted by molar-refractivity contribution is 4.78. The Morgan fingerprint density at radius 2 is 1.62 bits per heavy atom. The molecule has 0 saturated heterocycles. The highest BCUT2D eigenvalue weighted by Gasteiger charge is 2.66. The van der Waals surface area contributed by atoms with E-state index in [-0.39, 0.29) is 6.61 Å². The van der Waals surface area contributed by atoms with Gasteiger partial charge in [-0.1, -0.05) is 19.8 Å². The Labute approximate surface area is 88.4 Å². The lowest BCUT2D eigenvalue weighted by atomic mass is 10.3. The van der Waals surface area contributed by atoms with Gasteiger partial charge >= 0.3 is 18.5 Å². The first-order valence-electron chi connectivity index (χ1n) is 4.60. The van der Waals surface area contributed by atoms with E-state index in [1.54, 1.807) is 0 Å². The Morgan fingerprint density at radius 3 is 2.00 bits per heavy atom. The second kappa shape index (κ2) is 6.29. The highest BCUT2D eigenvalue weighted by Crippen LogP contribution is 2.39. The van der Waals surface area contributed by atoms with Crippen molar-refractivity contribution in [1.29, 1.82) is 0 Å². The van der Waals surface area contributed by atoms with Gasteiger partial charge in [0.05, 0.1) is 6.61 Å². The third-order valence-electron chi connectivity index (χ3n) is 1.68. The standard InChI is InChI=1S/C8H12F6O2/c1-2-3-4-5-15-16-7(11,6(9)10)8(12,13)14/h6H,2-5H2,1H3. The van der Waals surface area contributed by atoms with Crippen LogP contribution in [0.4, 0.5) is 26.3 Å². The van der Waals surface area contributed by atoms with Gasteiger partial charge in [-0.05, 0) is 6.42 Å². The Morgan fingerprint density at radius 1 is 1.06 bits per heavy atom. The summed E-state index contributed by atoms with van der Waals surface area (Å²) in [6.45, 7) is 1.44. The molecular weight excluding hydrogens is 242 g/mol. The van der Waals surface area contributed by atoms with Crippen LogP contribution in [0.5, 0.6) is 0 Å². The minimum Gasteiger partial charge on any atom is -0.233 e. The maximum atomic E-state index is 12.7. The molecule has 0 aromatic heterocycles. The molecule has 0 aromatic rings. The Kier molecular flexibility index (Phi) is 6.09. The number of alkyl halides is 6. The summed E-state index contributed by atoms with van der Waals surface area (Å²) in [5.41, 5.74) is 0.